The number of carbonyl (C=O) groups excluding carboxylic acids is 1. The number of nitrogens with zero attached hydrogens (tertiary/aromatic N) is 1. The fraction of sp³-hybridized carbons (Fsp3) is 0.231. The molecule has 2 aromatic heterocycles. The number of nitrogens with one attached hydrogen (secondary N) is 1. The molecule has 0 spiro atoms. The lowest BCUT2D eigenvalue weighted by molar-refractivity contribution is 0.0936. The molecule has 18 heavy (non-hydrogen) atoms. The number of halogens is 1. The summed E-state index contributed by atoms with van der Waals surface area (Å²) in [4.78, 5) is 16.6. The number of amides is 1. The van der Waals surface area contributed by atoms with Crippen LogP contribution in [0.15, 0.2) is 36.0 Å². The summed E-state index contributed by atoms with van der Waals surface area (Å²) < 4.78 is 13.3. The van der Waals surface area contributed by atoms with Crippen LogP contribution >= 0.6 is 11.3 Å². The highest BCUT2D eigenvalue weighted by atomic mass is 32.1. The van der Waals surface area contributed by atoms with Gasteiger partial charge in [0.05, 0.1) is 11.8 Å². The molecule has 0 fully saturated rings. The first-order valence-electron chi connectivity index (χ1n) is 5.59. The van der Waals surface area contributed by atoms with Gasteiger partial charge in [-0.15, -0.1) is 11.3 Å². The summed E-state index contributed by atoms with van der Waals surface area (Å²) >= 11 is 1.64. The molecule has 0 aliphatic carbocycles. The van der Waals surface area contributed by atoms with E-state index in [2.05, 4.69) is 10.3 Å². The second-order valence-corrected chi connectivity index (χ2v) is 5.05. The molecule has 0 saturated heterocycles. The van der Waals surface area contributed by atoms with Gasteiger partial charge >= 0.3 is 0 Å². The van der Waals surface area contributed by atoms with Gasteiger partial charge < -0.3 is 5.32 Å². The molecule has 3 nitrogen and oxygen atoms in total. The summed E-state index contributed by atoms with van der Waals surface area (Å²) in [6.45, 7) is 1.90. The smallest absolute Gasteiger partial charge is 0.254 e. The molecule has 0 aliphatic heterocycles. The maximum atomic E-state index is 13.3. The molecule has 1 amide bonds. The van der Waals surface area contributed by atoms with Crippen LogP contribution in [-0.4, -0.2) is 16.9 Å². The summed E-state index contributed by atoms with van der Waals surface area (Å²) in [5, 5.41) is 4.77. The topological polar surface area (TPSA) is 42.0 Å². The number of thiophene rings is 1. The minimum Gasteiger partial charge on any atom is -0.349 e. The Morgan fingerprint density at radius 3 is 3.06 bits per heavy atom. The monoisotopic (exact) mass is 264 g/mol. The van der Waals surface area contributed by atoms with E-state index in [-0.39, 0.29) is 11.6 Å². The standard InChI is InChI=1S/C13H13FN2OS/c1-9(7-10-3-2-6-18-10)16-13(17)11-4-5-15-8-12(11)14/h2-6,8-9H,7H2,1H3,(H,16,17). The van der Waals surface area contributed by atoms with Crippen molar-refractivity contribution in [3.05, 3.63) is 52.2 Å². The Labute approximate surface area is 109 Å². The van der Waals surface area contributed by atoms with E-state index in [0.29, 0.717) is 0 Å². The molecule has 2 aromatic rings. The van der Waals surface area contributed by atoms with E-state index in [1.165, 1.54) is 17.1 Å². The molecule has 1 N–H and O–H groups in total. The second kappa shape index (κ2) is 5.73. The van der Waals surface area contributed by atoms with E-state index in [0.717, 1.165) is 12.6 Å². The lowest BCUT2D eigenvalue weighted by Gasteiger charge is -2.13. The Morgan fingerprint density at radius 1 is 1.56 bits per heavy atom. The maximum absolute atomic E-state index is 13.3. The van der Waals surface area contributed by atoms with Gasteiger partial charge in [-0.05, 0) is 24.4 Å². The minimum atomic E-state index is -0.599. The molecule has 0 aliphatic rings. The minimum absolute atomic E-state index is 0.0306. The average molecular weight is 264 g/mol. The van der Waals surface area contributed by atoms with Crippen molar-refractivity contribution in [1.29, 1.82) is 0 Å². The van der Waals surface area contributed by atoms with Gasteiger partial charge in [0.2, 0.25) is 0 Å². The Bertz CT molecular complexity index is 528. The average Bonchev–Trinajstić information content (AvgIpc) is 2.82. The van der Waals surface area contributed by atoms with Crippen LogP contribution in [0.25, 0.3) is 0 Å². The highest BCUT2D eigenvalue weighted by Crippen LogP contribution is 2.11. The quantitative estimate of drug-likeness (QED) is 0.922. The first-order valence-corrected chi connectivity index (χ1v) is 6.47. The summed E-state index contributed by atoms with van der Waals surface area (Å²) in [6.07, 6.45) is 3.19. The third-order valence-electron chi connectivity index (χ3n) is 2.48. The third kappa shape index (κ3) is 3.13. The molecule has 2 heterocycles. The highest BCUT2D eigenvalue weighted by molar-refractivity contribution is 7.09. The number of rotatable bonds is 4. The zero-order valence-corrected chi connectivity index (χ0v) is 10.7. The van der Waals surface area contributed by atoms with Crippen molar-refractivity contribution in [3.63, 3.8) is 0 Å². The van der Waals surface area contributed by atoms with Crippen LogP contribution in [-0.2, 0) is 6.42 Å². The predicted molar refractivity (Wildman–Crippen MR) is 69.1 cm³/mol. The Balaban J connectivity index is 1.97. The molecular formula is C13H13FN2OS. The molecule has 0 radical (unpaired) electrons. The van der Waals surface area contributed by atoms with Gasteiger partial charge in [0, 0.05) is 23.5 Å². The van der Waals surface area contributed by atoms with E-state index in [1.54, 1.807) is 11.3 Å². The van der Waals surface area contributed by atoms with Gasteiger partial charge in [-0.1, -0.05) is 6.07 Å². The number of pyridine rings is 1. The zero-order valence-electron chi connectivity index (χ0n) is 9.89. The van der Waals surface area contributed by atoms with Gasteiger partial charge in [-0.25, -0.2) is 4.39 Å². The predicted octanol–water partition coefficient (Wildman–Crippen LogP) is 2.64. The fourth-order valence-electron chi connectivity index (χ4n) is 1.64. The molecule has 0 saturated carbocycles. The number of hydrogen-bond acceptors (Lipinski definition) is 3. The lowest BCUT2D eigenvalue weighted by Crippen LogP contribution is -2.34. The number of hydrogen-bond donors (Lipinski definition) is 1. The van der Waals surface area contributed by atoms with Gasteiger partial charge in [0.1, 0.15) is 0 Å². The molecule has 5 heteroatoms. The molecule has 0 aromatic carbocycles. The van der Waals surface area contributed by atoms with Crippen LogP contribution < -0.4 is 5.32 Å². The Morgan fingerprint density at radius 2 is 2.39 bits per heavy atom. The lowest BCUT2D eigenvalue weighted by atomic mass is 10.2. The Hall–Kier alpha value is -1.75. The first kappa shape index (κ1) is 12.7. The van der Waals surface area contributed by atoms with Gasteiger partial charge in [0.15, 0.2) is 5.82 Å². The summed E-state index contributed by atoms with van der Waals surface area (Å²) in [5.74, 6) is -1.00. The van der Waals surface area contributed by atoms with Crippen LogP contribution in [0.5, 0.6) is 0 Å². The van der Waals surface area contributed by atoms with Gasteiger partial charge in [0.25, 0.3) is 5.91 Å². The first-order chi connectivity index (χ1) is 8.66. The van der Waals surface area contributed by atoms with Gasteiger partial charge in [-0.3, -0.25) is 9.78 Å². The van der Waals surface area contributed by atoms with E-state index < -0.39 is 11.7 Å². The Kier molecular flexibility index (Phi) is 4.04. The third-order valence-corrected chi connectivity index (χ3v) is 3.38. The largest absolute Gasteiger partial charge is 0.349 e. The second-order valence-electron chi connectivity index (χ2n) is 4.01. The molecule has 0 bridgehead atoms. The highest BCUT2D eigenvalue weighted by Gasteiger charge is 2.14. The normalized spacial score (nSPS) is 12.1. The SMILES string of the molecule is CC(Cc1cccs1)NC(=O)c1ccncc1F. The van der Waals surface area contributed by atoms with Crippen molar-refractivity contribution >= 4 is 17.2 Å². The van der Waals surface area contributed by atoms with Gasteiger partial charge in [-0.2, -0.15) is 0 Å². The van der Waals surface area contributed by atoms with E-state index >= 15 is 0 Å². The number of carbonyl (C=O) groups is 1. The zero-order chi connectivity index (χ0) is 13.0. The van der Waals surface area contributed by atoms with Crippen LogP contribution in [0.1, 0.15) is 22.2 Å². The van der Waals surface area contributed by atoms with Crippen molar-refractivity contribution in [2.75, 3.05) is 0 Å². The van der Waals surface area contributed by atoms with Crippen LogP contribution in [0.4, 0.5) is 4.39 Å². The maximum Gasteiger partial charge on any atom is 0.254 e. The van der Waals surface area contributed by atoms with Crippen molar-refractivity contribution in [3.8, 4) is 0 Å². The fourth-order valence-corrected chi connectivity index (χ4v) is 2.48. The van der Waals surface area contributed by atoms with Crippen LogP contribution in [0, 0.1) is 5.82 Å². The summed E-state index contributed by atoms with van der Waals surface area (Å²) in [5.41, 5.74) is 0.0306. The van der Waals surface area contributed by atoms with Crippen LogP contribution in [0.3, 0.4) is 0 Å². The van der Waals surface area contributed by atoms with E-state index in [9.17, 15) is 9.18 Å². The van der Waals surface area contributed by atoms with Crippen molar-refractivity contribution in [2.45, 2.75) is 19.4 Å². The van der Waals surface area contributed by atoms with E-state index in [1.807, 2.05) is 24.4 Å². The van der Waals surface area contributed by atoms with Crippen molar-refractivity contribution in [2.24, 2.45) is 0 Å². The van der Waals surface area contributed by atoms with Crippen molar-refractivity contribution < 1.29 is 9.18 Å². The summed E-state index contributed by atoms with van der Waals surface area (Å²) in [7, 11) is 0. The molecule has 1 atom stereocenters. The molecule has 94 valence electrons. The molecule has 1 unspecified atom stereocenters. The van der Waals surface area contributed by atoms with Crippen molar-refractivity contribution in [1.82, 2.24) is 10.3 Å². The number of aromatic nitrogens is 1. The van der Waals surface area contributed by atoms with Crippen LogP contribution in [0.2, 0.25) is 0 Å². The summed E-state index contributed by atoms with van der Waals surface area (Å²) in [6, 6.07) is 5.32. The molecule has 2 rings (SSSR count). The van der Waals surface area contributed by atoms with E-state index in [4.69, 9.17) is 0 Å². The molecular weight excluding hydrogens is 251 g/mol.